The Hall–Kier alpha value is -0.850. The van der Waals surface area contributed by atoms with Crippen LogP contribution in [0.5, 0.6) is 0 Å². The van der Waals surface area contributed by atoms with Crippen LogP contribution in [0.4, 0.5) is 0 Å². The van der Waals surface area contributed by atoms with Gasteiger partial charge in [0.05, 0.1) is 0 Å². The van der Waals surface area contributed by atoms with Crippen molar-refractivity contribution in [3.05, 3.63) is 23.3 Å². The van der Waals surface area contributed by atoms with Gasteiger partial charge in [-0.15, -0.1) is 0 Å². The molecule has 0 N–H and O–H groups in total. The Kier molecular flexibility index (Phi) is 2.10. The normalized spacial score (nSPS) is 29.2. The molecule has 0 spiro atoms. The molecule has 2 aliphatic rings. The summed E-state index contributed by atoms with van der Waals surface area (Å²) < 4.78 is 0. The van der Waals surface area contributed by atoms with Crippen molar-refractivity contribution >= 4 is 5.78 Å². The van der Waals surface area contributed by atoms with Crippen LogP contribution < -0.4 is 0 Å². The molecule has 1 nitrogen and oxygen atoms in total. The van der Waals surface area contributed by atoms with Crippen molar-refractivity contribution in [1.82, 2.24) is 0 Å². The summed E-state index contributed by atoms with van der Waals surface area (Å²) in [7, 11) is 0. The molecular formula is C12H16O. The third-order valence-corrected chi connectivity index (χ3v) is 3.23. The molecule has 0 aromatic carbocycles. The van der Waals surface area contributed by atoms with Gasteiger partial charge in [0.2, 0.25) is 0 Å². The summed E-state index contributed by atoms with van der Waals surface area (Å²) in [5, 5.41) is 0. The summed E-state index contributed by atoms with van der Waals surface area (Å²) in [6.07, 6.45) is 5.35. The quantitative estimate of drug-likeness (QED) is 0.554. The molecule has 2 aliphatic carbocycles. The van der Waals surface area contributed by atoms with Crippen molar-refractivity contribution in [2.45, 2.75) is 39.0 Å². The summed E-state index contributed by atoms with van der Waals surface area (Å²) in [6, 6.07) is 0. The molecular weight excluding hydrogens is 160 g/mol. The first-order valence-corrected chi connectivity index (χ1v) is 5.14. The van der Waals surface area contributed by atoms with Gasteiger partial charge >= 0.3 is 0 Å². The fourth-order valence-corrected chi connectivity index (χ4v) is 2.53. The molecule has 0 saturated carbocycles. The van der Waals surface area contributed by atoms with Gasteiger partial charge in [0, 0.05) is 12.0 Å². The number of carbonyl (C=O) groups is 1. The average Bonchev–Trinajstić information content (AvgIpc) is 2.28. The summed E-state index contributed by atoms with van der Waals surface area (Å²) >= 11 is 0. The maximum absolute atomic E-state index is 11.7. The first-order chi connectivity index (χ1) is 6.20. The summed E-state index contributed by atoms with van der Waals surface area (Å²) in [5.74, 6) is 0.818. The number of carbonyl (C=O) groups excluding carboxylic acids is 1. The van der Waals surface area contributed by atoms with E-state index in [1.165, 1.54) is 24.8 Å². The van der Waals surface area contributed by atoms with Crippen molar-refractivity contribution in [1.29, 1.82) is 0 Å². The fraction of sp³-hybridized carbons (Fsp3) is 0.583. The van der Waals surface area contributed by atoms with E-state index in [2.05, 4.69) is 13.5 Å². The largest absolute Gasteiger partial charge is 0.294 e. The molecule has 0 radical (unpaired) electrons. The number of hydrogen-bond acceptors (Lipinski definition) is 1. The highest BCUT2D eigenvalue weighted by Crippen LogP contribution is 2.39. The third kappa shape index (κ3) is 1.37. The van der Waals surface area contributed by atoms with Crippen molar-refractivity contribution < 1.29 is 4.79 Å². The molecule has 70 valence electrons. The van der Waals surface area contributed by atoms with E-state index >= 15 is 0 Å². The van der Waals surface area contributed by atoms with Crippen LogP contribution in [-0.2, 0) is 4.79 Å². The van der Waals surface area contributed by atoms with Gasteiger partial charge < -0.3 is 0 Å². The molecule has 1 heteroatoms. The number of hydrogen-bond donors (Lipinski definition) is 0. The van der Waals surface area contributed by atoms with E-state index in [4.69, 9.17) is 0 Å². The number of rotatable bonds is 0. The van der Waals surface area contributed by atoms with E-state index in [0.29, 0.717) is 18.1 Å². The van der Waals surface area contributed by atoms with E-state index in [-0.39, 0.29) is 0 Å². The first kappa shape index (κ1) is 8.74. The lowest BCUT2D eigenvalue weighted by molar-refractivity contribution is -0.114. The smallest absolute Gasteiger partial charge is 0.163 e. The van der Waals surface area contributed by atoms with Gasteiger partial charge in [-0.2, -0.15) is 0 Å². The van der Waals surface area contributed by atoms with Crippen LogP contribution >= 0.6 is 0 Å². The van der Waals surface area contributed by atoms with Crippen molar-refractivity contribution in [3.63, 3.8) is 0 Å². The second kappa shape index (κ2) is 3.13. The van der Waals surface area contributed by atoms with E-state index in [1.807, 2.05) is 0 Å². The lowest BCUT2D eigenvalue weighted by atomic mass is 9.95. The van der Waals surface area contributed by atoms with E-state index in [0.717, 1.165) is 17.6 Å². The Morgan fingerprint density at radius 1 is 1.38 bits per heavy atom. The van der Waals surface area contributed by atoms with Gasteiger partial charge in [-0.3, -0.25) is 4.79 Å². The minimum absolute atomic E-state index is 0.342. The number of ketones is 1. The van der Waals surface area contributed by atoms with Crippen molar-refractivity contribution in [2.75, 3.05) is 0 Å². The Morgan fingerprint density at radius 3 is 2.92 bits per heavy atom. The third-order valence-electron chi connectivity index (χ3n) is 3.23. The van der Waals surface area contributed by atoms with Crippen LogP contribution in [0.3, 0.4) is 0 Å². The Morgan fingerprint density at radius 2 is 2.15 bits per heavy atom. The maximum Gasteiger partial charge on any atom is 0.163 e. The van der Waals surface area contributed by atoms with Crippen LogP contribution in [0.1, 0.15) is 39.0 Å². The molecule has 13 heavy (non-hydrogen) atoms. The molecule has 1 unspecified atom stereocenters. The SMILES string of the molecule is C=C1CC(=O)C2=C1CCCCC2C. The van der Waals surface area contributed by atoms with Gasteiger partial charge in [0.15, 0.2) is 5.78 Å². The minimum atomic E-state index is 0.342. The molecule has 0 aliphatic heterocycles. The summed E-state index contributed by atoms with van der Waals surface area (Å²) in [4.78, 5) is 11.7. The zero-order valence-electron chi connectivity index (χ0n) is 8.23. The first-order valence-electron chi connectivity index (χ1n) is 5.14. The predicted octanol–water partition coefficient (Wildman–Crippen LogP) is 3.02. The zero-order chi connectivity index (χ0) is 9.42. The Bertz CT molecular complexity index is 296. The molecule has 0 aromatic heterocycles. The van der Waals surface area contributed by atoms with Gasteiger partial charge in [-0.25, -0.2) is 0 Å². The minimum Gasteiger partial charge on any atom is -0.294 e. The topological polar surface area (TPSA) is 17.1 Å². The van der Waals surface area contributed by atoms with Crippen LogP contribution in [0.15, 0.2) is 23.3 Å². The highest BCUT2D eigenvalue weighted by atomic mass is 16.1. The second-order valence-electron chi connectivity index (χ2n) is 4.24. The van der Waals surface area contributed by atoms with E-state index < -0.39 is 0 Å². The molecule has 0 bridgehead atoms. The number of allylic oxidation sites excluding steroid dienone is 3. The van der Waals surface area contributed by atoms with Crippen LogP contribution in [0.2, 0.25) is 0 Å². The van der Waals surface area contributed by atoms with Crippen LogP contribution in [0, 0.1) is 5.92 Å². The summed E-state index contributed by atoms with van der Waals surface area (Å²) in [6.45, 7) is 6.16. The Balaban J connectivity index is 2.40. The monoisotopic (exact) mass is 176 g/mol. The molecule has 0 fully saturated rings. The molecule has 2 rings (SSSR count). The van der Waals surface area contributed by atoms with E-state index in [9.17, 15) is 4.79 Å². The zero-order valence-corrected chi connectivity index (χ0v) is 8.23. The lowest BCUT2D eigenvalue weighted by Gasteiger charge is -2.09. The lowest BCUT2D eigenvalue weighted by Crippen LogP contribution is -2.05. The molecule has 1 atom stereocenters. The molecule has 0 heterocycles. The molecule has 0 aromatic rings. The average molecular weight is 176 g/mol. The second-order valence-corrected chi connectivity index (χ2v) is 4.24. The van der Waals surface area contributed by atoms with Crippen molar-refractivity contribution in [3.8, 4) is 0 Å². The van der Waals surface area contributed by atoms with Crippen molar-refractivity contribution in [2.24, 2.45) is 5.92 Å². The van der Waals surface area contributed by atoms with E-state index in [1.54, 1.807) is 0 Å². The number of Topliss-reactive ketones (excluding diaryl/α,β-unsaturated/α-hetero) is 1. The Labute approximate surface area is 79.5 Å². The highest BCUT2D eigenvalue weighted by Gasteiger charge is 2.30. The van der Waals surface area contributed by atoms with Crippen LogP contribution in [-0.4, -0.2) is 5.78 Å². The van der Waals surface area contributed by atoms with Gasteiger partial charge in [-0.1, -0.05) is 19.9 Å². The summed E-state index contributed by atoms with van der Waals surface area (Å²) in [5.41, 5.74) is 3.51. The molecule has 0 amide bonds. The fourth-order valence-electron chi connectivity index (χ4n) is 2.53. The predicted molar refractivity (Wildman–Crippen MR) is 53.4 cm³/mol. The van der Waals surface area contributed by atoms with Gasteiger partial charge in [-0.05, 0) is 36.3 Å². The standard InChI is InChI=1S/C12H16O/c1-8-5-3-4-6-10-9(2)7-11(13)12(8)10/h8H,2-7H2,1H3. The van der Waals surface area contributed by atoms with Crippen LogP contribution in [0.25, 0.3) is 0 Å². The van der Waals surface area contributed by atoms with Gasteiger partial charge in [0.25, 0.3) is 0 Å². The molecule has 0 saturated heterocycles. The highest BCUT2D eigenvalue weighted by molar-refractivity contribution is 6.03. The van der Waals surface area contributed by atoms with Gasteiger partial charge in [0.1, 0.15) is 0 Å². The maximum atomic E-state index is 11.7.